The number of hydrogen-bond donors (Lipinski definition) is 3. The summed E-state index contributed by atoms with van der Waals surface area (Å²) in [4.78, 5) is 49.9. The lowest BCUT2D eigenvalue weighted by Crippen LogP contribution is -2.61. The van der Waals surface area contributed by atoms with E-state index in [0.29, 0.717) is 62.5 Å². The second-order valence-corrected chi connectivity index (χ2v) is 17.8. The summed E-state index contributed by atoms with van der Waals surface area (Å²) in [6.07, 6.45) is -1.40. The summed E-state index contributed by atoms with van der Waals surface area (Å²) in [6.45, 7) is 14.7. The third kappa shape index (κ3) is 9.94. The number of carbonyl (C=O) groups is 3. The molecular formula is C42H67FN8O9. The maximum atomic E-state index is 17.0. The molecule has 0 aliphatic carbocycles. The summed E-state index contributed by atoms with van der Waals surface area (Å²) in [5, 5.41) is 23.5. The number of esters is 1. The van der Waals surface area contributed by atoms with Crippen molar-refractivity contribution >= 4 is 23.7 Å². The number of aromatic nitrogens is 4. The molecule has 0 saturated carbocycles. The van der Waals surface area contributed by atoms with Crippen LogP contribution >= 0.6 is 0 Å². The number of amides is 1. The van der Waals surface area contributed by atoms with Crippen molar-refractivity contribution in [2.45, 2.75) is 160 Å². The first kappa shape index (κ1) is 47.2. The van der Waals surface area contributed by atoms with Crippen LogP contribution in [0.1, 0.15) is 87.5 Å². The number of ketones is 1. The Hall–Kier alpha value is -3.81. The van der Waals surface area contributed by atoms with Crippen molar-refractivity contribution in [1.82, 2.24) is 35.1 Å². The van der Waals surface area contributed by atoms with Gasteiger partial charge in [0.15, 0.2) is 17.7 Å². The monoisotopic (exact) mass is 847 g/mol. The quantitative estimate of drug-likeness (QED) is 0.167. The van der Waals surface area contributed by atoms with Crippen molar-refractivity contribution in [3.63, 3.8) is 0 Å². The van der Waals surface area contributed by atoms with Crippen LogP contribution in [0.3, 0.4) is 0 Å². The molecular weight excluding hydrogens is 780 g/mol. The Bertz CT molecular complexity index is 1800. The van der Waals surface area contributed by atoms with Crippen LogP contribution in [-0.2, 0) is 39.8 Å². The van der Waals surface area contributed by atoms with Gasteiger partial charge in [0.05, 0.1) is 35.7 Å². The van der Waals surface area contributed by atoms with E-state index in [1.165, 1.54) is 14.0 Å². The zero-order chi connectivity index (χ0) is 44.3. The number of halogens is 1. The van der Waals surface area contributed by atoms with E-state index in [2.05, 4.69) is 20.6 Å². The van der Waals surface area contributed by atoms with Gasteiger partial charge in [0.25, 0.3) is 5.67 Å². The van der Waals surface area contributed by atoms with Gasteiger partial charge < -0.3 is 44.7 Å². The molecule has 3 aliphatic rings. The fraction of sp³-hybridized carbons (Fsp3) is 0.762. The first-order valence-corrected chi connectivity index (χ1v) is 21.2. The number of unbranched alkanes of at least 4 members (excludes halogenated alkanes) is 1. The van der Waals surface area contributed by atoms with Gasteiger partial charge in [-0.25, -0.2) is 19.0 Å². The van der Waals surface area contributed by atoms with Crippen molar-refractivity contribution in [3.8, 4) is 11.4 Å². The highest BCUT2D eigenvalue weighted by Crippen LogP contribution is 2.41. The Morgan fingerprint density at radius 1 is 1.08 bits per heavy atom. The number of cyclic esters (lactones) is 1. The number of pyridine rings is 1. The number of Topliss-reactive ketones (excluding diaryl/α,β-unsaturated/α-hetero) is 1. The number of aliphatic hydroxyl groups excluding tert-OH is 1. The molecule has 4 unspecified atom stereocenters. The van der Waals surface area contributed by atoms with Crippen molar-refractivity contribution in [2.75, 3.05) is 40.0 Å². The summed E-state index contributed by atoms with van der Waals surface area (Å²) >= 11 is 0. The number of carbonyl (C=O) groups excluding carboxylic acids is 3. The Morgan fingerprint density at radius 2 is 1.78 bits per heavy atom. The van der Waals surface area contributed by atoms with E-state index < -0.39 is 77.3 Å². The minimum Gasteiger partial charge on any atom is -0.455 e. The standard InChI is InChI=1S/C42H67FN8O9/c1-12-31-42(8)34(51(39(55)60-42)19-14-13-18-50-23-29(47-48-50)28-16-15-17-32(44)46-28)27(5)45-22-24(2)21-40(6,56-11)36(26(4)35(53)41(7,43)38(54)58-31)59-37-33(52)30(49(9)10)20-25(3)57-37/h15-17,23-27,30-31,33-34,36-37,45,52H,12-14,18-22H2,1-11H3,(H2,44,46)/t24-,25?,26+,27-,30?,31-,33?,34-,36-,37+,40-,41?,42-/m1/s1. The summed E-state index contributed by atoms with van der Waals surface area (Å²) in [5.41, 5.74) is 1.25. The number of nitrogen functional groups attached to an aromatic ring is 1. The van der Waals surface area contributed by atoms with E-state index >= 15 is 4.39 Å². The number of nitrogens with two attached hydrogens (primary N) is 1. The second kappa shape index (κ2) is 19.1. The summed E-state index contributed by atoms with van der Waals surface area (Å²) in [5.74, 6) is -3.49. The van der Waals surface area contributed by atoms with Gasteiger partial charge in [-0.15, -0.1) is 5.10 Å². The molecule has 2 aromatic heterocycles. The van der Waals surface area contributed by atoms with E-state index in [9.17, 15) is 19.5 Å². The predicted molar refractivity (Wildman–Crippen MR) is 220 cm³/mol. The van der Waals surface area contributed by atoms with Gasteiger partial charge >= 0.3 is 12.1 Å². The van der Waals surface area contributed by atoms with E-state index in [4.69, 9.17) is 29.4 Å². The lowest BCUT2D eigenvalue weighted by atomic mass is 9.78. The third-order valence-corrected chi connectivity index (χ3v) is 12.7. The topological polar surface area (TPSA) is 206 Å². The number of nitrogens with zero attached hydrogens (tertiary/aromatic N) is 6. The molecule has 18 heteroatoms. The number of anilines is 1. The highest BCUT2D eigenvalue weighted by molar-refractivity contribution is 6.07. The van der Waals surface area contributed by atoms with Crippen LogP contribution in [0.4, 0.5) is 15.0 Å². The lowest BCUT2D eigenvalue weighted by molar-refractivity contribution is -0.295. The highest BCUT2D eigenvalue weighted by atomic mass is 19.1. The fourth-order valence-electron chi connectivity index (χ4n) is 9.34. The first-order valence-electron chi connectivity index (χ1n) is 21.2. The van der Waals surface area contributed by atoms with Crippen LogP contribution in [0.25, 0.3) is 11.4 Å². The van der Waals surface area contributed by atoms with E-state index in [0.717, 1.165) is 6.92 Å². The third-order valence-electron chi connectivity index (χ3n) is 12.7. The van der Waals surface area contributed by atoms with Crippen molar-refractivity contribution < 1.29 is 47.6 Å². The van der Waals surface area contributed by atoms with Gasteiger partial charge in [0.1, 0.15) is 23.7 Å². The van der Waals surface area contributed by atoms with E-state index in [1.54, 1.807) is 54.7 Å². The number of likely N-dealkylation sites (N-methyl/N-ethyl adjacent to an activating group) is 1. The zero-order valence-corrected chi connectivity index (χ0v) is 37.1. The first-order chi connectivity index (χ1) is 28.2. The highest BCUT2D eigenvalue weighted by Gasteiger charge is 2.60. The molecule has 0 bridgehead atoms. The Balaban J connectivity index is 1.40. The van der Waals surface area contributed by atoms with Crippen LogP contribution < -0.4 is 11.1 Å². The minimum absolute atomic E-state index is 0.119. The minimum atomic E-state index is -3.14. The van der Waals surface area contributed by atoms with Crippen LogP contribution in [0.2, 0.25) is 0 Å². The maximum Gasteiger partial charge on any atom is 0.410 e. The second-order valence-electron chi connectivity index (χ2n) is 17.8. The molecule has 3 saturated heterocycles. The Morgan fingerprint density at radius 3 is 2.43 bits per heavy atom. The SMILES string of the molecule is CC[C@H]1OC(=O)C(C)(F)C(=O)[C@H](C)[C@@H](O[C@@H]2OC(C)CC(N(C)C)C2O)[C@](C)(OC)C[C@@H](C)CN[C@H](C)[C@H]2N(CCCCn3cc(-c4cccc(N)n4)nn3)C(=O)O[C@]12C. The van der Waals surface area contributed by atoms with Gasteiger partial charge in [-0.2, -0.15) is 0 Å². The molecule has 5 rings (SSSR count). The van der Waals surface area contributed by atoms with Crippen LogP contribution in [0.15, 0.2) is 24.4 Å². The van der Waals surface area contributed by atoms with Crippen molar-refractivity contribution in [3.05, 3.63) is 24.4 Å². The number of nitrogens with one attached hydrogen (secondary N) is 1. The number of aliphatic hydroxyl groups is 1. The molecule has 0 aromatic carbocycles. The molecule has 17 nitrogen and oxygen atoms in total. The number of alkyl halides is 1. The fourth-order valence-corrected chi connectivity index (χ4v) is 9.34. The Kier molecular flexibility index (Phi) is 15.0. The molecule has 3 aliphatic heterocycles. The average Bonchev–Trinajstić information content (AvgIpc) is 3.77. The largest absolute Gasteiger partial charge is 0.455 e. The number of hydrogen-bond acceptors (Lipinski definition) is 15. The van der Waals surface area contributed by atoms with Crippen LogP contribution in [-0.4, -0.2) is 153 Å². The van der Waals surface area contributed by atoms with Gasteiger partial charge in [0, 0.05) is 38.2 Å². The van der Waals surface area contributed by atoms with Crippen molar-refractivity contribution in [2.24, 2.45) is 11.8 Å². The summed E-state index contributed by atoms with van der Waals surface area (Å²) in [6, 6.07) is 3.92. The molecule has 4 N–H and O–H groups in total. The molecule has 0 spiro atoms. The van der Waals surface area contributed by atoms with E-state index in [1.807, 2.05) is 39.8 Å². The number of rotatable bonds is 11. The van der Waals surface area contributed by atoms with Gasteiger partial charge in [-0.1, -0.05) is 32.1 Å². The molecule has 5 heterocycles. The molecule has 0 radical (unpaired) electrons. The number of ether oxygens (including phenoxy) is 5. The van der Waals surface area contributed by atoms with Gasteiger partial charge in [-0.05, 0) is 105 Å². The normalized spacial score (nSPS) is 37.3. The van der Waals surface area contributed by atoms with Gasteiger partial charge in [-0.3, -0.25) is 14.4 Å². The summed E-state index contributed by atoms with van der Waals surface area (Å²) < 4.78 is 49.5. The predicted octanol–water partition coefficient (Wildman–Crippen LogP) is 3.77. The summed E-state index contributed by atoms with van der Waals surface area (Å²) in [7, 11) is 5.20. The van der Waals surface area contributed by atoms with E-state index in [-0.39, 0.29) is 24.5 Å². The molecule has 2 aromatic rings. The lowest BCUT2D eigenvalue weighted by Gasteiger charge is -2.47. The smallest absolute Gasteiger partial charge is 0.410 e. The number of aryl methyl sites for hydroxylation is 1. The molecule has 60 heavy (non-hydrogen) atoms. The molecule has 13 atom stereocenters. The number of methoxy groups -OCH3 is 1. The Labute approximate surface area is 353 Å². The van der Waals surface area contributed by atoms with Gasteiger partial charge in [0.2, 0.25) is 0 Å². The molecule has 336 valence electrons. The average molecular weight is 847 g/mol. The number of fused-ring (bicyclic) bond motifs is 1. The zero-order valence-electron chi connectivity index (χ0n) is 37.1. The molecule has 3 fully saturated rings. The van der Waals surface area contributed by atoms with Crippen molar-refractivity contribution in [1.29, 1.82) is 0 Å². The van der Waals surface area contributed by atoms with Crippen LogP contribution in [0.5, 0.6) is 0 Å². The van der Waals surface area contributed by atoms with Crippen LogP contribution in [0, 0.1) is 11.8 Å². The maximum absolute atomic E-state index is 17.0. The molecule has 1 amide bonds.